The van der Waals surface area contributed by atoms with Crippen LogP contribution in [0.25, 0.3) is 0 Å². The molecule has 1 heterocycles. The molecular weight excluding hydrogens is 332 g/mol. The fourth-order valence-corrected chi connectivity index (χ4v) is 3.22. The average molecular weight is 354 g/mol. The molecule has 6 heteroatoms. The maximum Gasteiger partial charge on any atom is 0.258 e. The van der Waals surface area contributed by atoms with Gasteiger partial charge in [0.25, 0.3) is 5.91 Å². The molecule has 1 aliphatic heterocycles. The minimum atomic E-state index is -0.578. The Morgan fingerprint density at radius 3 is 2.27 bits per heavy atom. The van der Waals surface area contributed by atoms with Crippen molar-refractivity contribution in [3.05, 3.63) is 54.1 Å². The molecule has 1 saturated heterocycles. The Hall–Kier alpha value is -3.02. The van der Waals surface area contributed by atoms with E-state index in [4.69, 9.17) is 9.47 Å². The first kappa shape index (κ1) is 17.8. The van der Waals surface area contributed by atoms with Crippen LogP contribution in [0, 0.1) is 0 Å². The van der Waals surface area contributed by atoms with E-state index in [-0.39, 0.29) is 11.8 Å². The van der Waals surface area contributed by atoms with Gasteiger partial charge in [-0.05, 0) is 31.2 Å². The third-order valence-electron chi connectivity index (χ3n) is 4.63. The van der Waals surface area contributed by atoms with Crippen molar-refractivity contribution in [1.29, 1.82) is 0 Å². The van der Waals surface area contributed by atoms with Gasteiger partial charge in [-0.25, -0.2) is 0 Å². The molecule has 0 N–H and O–H groups in total. The SMILES string of the molecule is COc1ccccc1C(=O)N1CCN(c2ccccc2OC)C(=O)C1C. The summed E-state index contributed by atoms with van der Waals surface area (Å²) in [5.74, 6) is 0.800. The molecule has 136 valence electrons. The van der Waals surface area contributed by atoms with Crippen molar-refractivity contribution in [3.63, 3.8) is 0 Å². The highest BCUT2D eigenvalue weighted by atomic mass is 16.5. The van der Waals surface area contributed by atoms with Crippen LogP contribution in [-0.4, -0.2) is 50.1 Å². The van der Waals surface area contributed by atoms with Crippen LogP contribution in [0.2, 0.25) is 0 Å². The summed E-state index contributed by atoms with van der Waals surface area (Å²) in [4.78, 5) is 29.2. The van der Waals surface area contributed by atoms with Crippen molar-refractivity contribution in [3.8, 4) is 11.5 Å². The van der Waals surface area contributed by atoms with Crippen LogP contribution in [0.4, 0.5) is 5.69 Å². The van der Waals surface area contributed by atoms with E-state index in [1.165, 1.54) is 7.11 Å². The van der Waals surface area contributed by atoms with Gasteiger partial charge in [-0.1, -0.05) is 24.3 Å². The number of hydrogen-bond donors (Lipinski definition) is 0. The lowest BCUT2D eigenvalue weighted by molar-refractivity contribution is -0.124. The summed E-state index contributed by atoms with van der Waals surface area (Å²) < 4.78 is 10.6. The van der Waals surface area contributed by atoms with E-state index in [1.807, 2.05) is 30.3 Å². The summed E-state index contributed by atoms with van der Waals surface area (Å²) in [6.45, 7) is 2.59. The number of methoxy groups -OCH3 is 2. The van der Waals surface area contributed by atoms with E-state index < -0.39 is 6.04 Å². The Morgan fingerprint density at radius 1 is 0.962 bits per heavy atom. The van der Waals surface area contributed by atoms with Crippen LogP contribution >= 0.6 is 0 Å². The number of benzene rings is 2. The Labute approximate surface area is 152 Å². The van der Waals surface area contributed by atoms with Crippen LogP contribution in [-0.2, 0) is 4.79 Å². The van der Waals surface area contributed by atoms with Gasteiger partial charge in [-0.3, -0.25) is 9.59 Å². The van der Waals surface area contributed by atoms with Gasteiger partial charge in [0.2, 0.25) is 5.91 Å². The van der Waals surface area contributed by atoms with Gasteiger partial charge in [-0.2, -0.15) is 0 Å². The number of rotatable bonds is 4. The number of nitrogens with zero attached hydrogens (tertiary/aromatic N) is 2. The lowest BCUT2D eigenvalue weighted by atomic mass is 10.1. The summed E-state index contributed by atoms with van der Waals surface area (Å²) in [6, 6.07) is 13.9. The third-order valence-corrected chi connectivity index (χ3v) is 4.63. The fourth-order valence-electron chi connectivity index (χ4n) is 3.22. The molecule has 2 aromatic carbocycles. The van der Waals surface area contributed by atoms with Crippen LogP contribution in [0.3, 0.4) is 0 Å². The number of para-hydroxylation sites is 3. The van der Waals surface area contributed by atoms with Crippen molar-refractivity contribution in [2.45, 2.75) is 13.0 Å². The molecule has 6 nitrogen and oxygen atoms in total. The molecule has 0 spiro atoms. The zero-order valence-corrected chi connectivity index (χ0v) is 15.1. The molecule has 1 atom stereocenters. The van der Waals surface area contributed by atoms with E-state index >= 15 is 0 Å². The second-order valence-electron chi connectivity index (χ2n) is 6.04. The van der Waals surface area contributed by atoms with Gasteiger partial charge < -0.3 is 19.3 Å². The van der Waals surface area contributed by atoms with Gasteiger partial charge in [0, 0.05) is 13.1 Å². The minimum Gasteiger partial charge on any atom is -0.496 e. The van der Waals surface area contributed by atoms with Gasteiger partial charge in [-0.15, -0.1) is 0 Å². The number of hydrogen-bond acceptors (Lipinski definition) is 4. The molecular formula is C20H22N2O4. The molecule has 1 aliphatic rings. The van der Waals surface area contributed by atoms with Crippen molar-refractivity contribution in [2.75, 3.05) is 32.2 Å². The molecule has 26 heavy (non-hydrogen) atoms. The number of ether oxygens (including phenoxy) is 2. The van der Waals surface area contributed by atoms with E-state index in [0.717, 1.165) is 5.69 Å². The lowest BCUT2D eigenvalue weighted by Crippen LogP contribution is -2.57. The summed E-state index contributed by atoms with van der Waals surface area (Å²) >= 11 is 0. The third kappa shape index (κ3) is 3.10. The largest absolute Gasteiger partial charge is 0.496 e. The molecule has 2 amide bonds. The first-order chi connectivity index (χ1) is 12.6. The van der Waals surface area contributed by atoms with Crippen molar-refractivity contribution in [1.82, 2.24) is 4.90 Å². The van der Waals surface area contributed by atoms with Gasteiger partial charge in [0.1, 0.15) is 17.5 Å². The van der Waals surface area contributed by atoms with E-state index in [1.54, 1.807) is 42.0 Å². The number of carbonyl (C=O) groups is 2. The Bertz CT molecular complexity index is 821. The number of anilines is 1. The van der Waals surface area contributed by atoms with Crippen LogP contribution in [0.5, 0.6) is 11.5 Å². The summed E-state index contributed by atoms with van der Waals surface area (Å²) in [7, 11) is 3.11. The number of piperazine rings is 1. The molecule has 0 aromatic heterocycles. The summed E-state index contributed by atoms with van der Waals surface area (Å²) in [5.41, 5.74) is 1.18. The maximum atomic E-state index is 13.0. The lowest BCUT2D eigenvalue weighted by Gasteiger charge is -2.39. The average Bonchev–Trinajstić information content (AvgIpc) is 2.69. The maximum absolute atomic E-state index is 13.0. The Balaban J connectivity index is 1.85. The second kappa shape index (κ2) is 7.47. The molecule has 0 bridgehead atoms. The second-order valence-corrected chi connectivity index (χ2v) is 6.04. The minimum absolute atomic E-state index is 0.135. The predicted molar refractivity (Wildman–Crippen MR) is 98.8 cm³/mol. The number of amides is 2. The van der Waals surface area contributed by atoms with Crippen molar-refractivity contribution < 1.29 is 19.1 Å². The van der Waals surface area contributed by atoms with E-state index in [2.05, 4.69) is 0 Å². The molecule has 0 radical (unpaired) electrons. The molecule has 1 fully saturated rings. The van der Waals surface area contributed by atoms with Crippen LogP contribution in [0.1, 0.15) is 17.3 Å². The van der Waals surface area contributed by atoms with E-state index in [0.29, 0.717) is 30.2 Å². The van der Waals surface area contributed by atoms with Crippen LogP contribution in [0.15, 0.2) is 48.5 Å². The first-order valence-electron chi connectivity index (χ1n) is 8.47. The van der Waals surface area contributed by atoms with Gasteiger partial charge >= 0.3 is 0 Å². The normalized spacial score (nSPS) is 17.2. The number of carbonyl (C=O) groups excluding carboxylic acids is 2. The Kier molecular flexibility index (Phi) is 5.11. The van der Waals surface area contributed by atoms with Gasteiger partial charge in [0.15, 0.2) is 0 Å². The topological polar surface area (TPSA) is 59.1 Å². The first-order valence-corrected chi connectivity index (χ1v) is 8.47. The molecule has 2 aromatic rings. The smallest absolute Gasteiger partial charge is 0.258 e. The highest BCUT2D eigenvalue weighted by Crippen LogP contribution is 2.31. The monoisotopic (exact) mass is 354 g/mol. The Morgan fingerprint density at radius 2 is 1.58 bits per heavy atom. The van der Waals surface area contributed by atoms with Crippen LogP contribution < -0.4 is 14.4 Å². The predicted octanol–water partition coefficient (Wildman–Crippen LogP) is 2.58. The van der Waals surface area contributed by atoms with Crippen molar-refractivity contribution in [2.24, 2.45) is 0 Å². The van der Waals surface area contributed by atoms with Gasteiger partial charge in [0.05, 0.1) is 25.5 Å². The highest BCUT2D eigenvalue weighted by molar-refractivity contribution is 6.04. The van der Waals surface area contributed by atoms with Crippen molar-refractivity contribution >= 4 is 17.5 Å². The molecule has 1 unspecified atom stereocenters. The molecule has 3 rings (SSSR count). The quantitative estimate of drug-likeness (QED) is 0.847. The zero-order valence-electron chi connectivity index (χ0n) is 15.1. The summed E-state index contributed by atoms with van der Waals surface area (Å²) in [6.07, 6.45) is 0. The highest BCUT2D eigenvalue weighted by Gasteiger charge is 2.36. The zero-order chi connectivity index (χ0) is 18.7. The summed E-state index contributed by atoms with van der Waals surface area (Å²) in [5, 5.41) is 0. The fraction of sp³-hybridized carbons (Fsp3) is 0.300. The van der Waals surface area contributed by atoms with E-state index in [9.17, 15) is 9.59 Å². The standard InChI is InChI=1S/C20H22N2O4/c1-14-19(23)22(16-9-5-7-11-18(16)26-3)13-12-21(14)20(24)15-8-4-6-10-17(15)25-2/h4-11,14H,12-13H2,1-3H3. The molecule has 0 saturated carbocycles. The molecule has 0 aliphatic carbocycles.